The predicted molar refractivity (Wildman–Crippen MR) is 272 cm³/mol. The standard InChI is InChI=1S/C34H48N2O5.C13H15NO.C8H18O3/c1-25(2)27-15-13-17-29(23-27)33(5,6)35-31(37)40-21-11-9-19-39-20-10-12-22-41-32(38)36-34(7,8)30-18-14-16-28(24-30)26(3)4;1-10(2)11-6-5-7-12(8-11)13(3,4)14-9-15;9-5-1-3-7-11-8-4-2-6-10/h13-18,23-24H,1,3,9-12,19-22H2,2,4-8H3,(H,35,37)(H,36,38);5-8H,1H2,2-4H3;9-10H,1-8H2. The van der Waals surface area contributed by atoms with Gasteiger partial charge in [-0.1, -0.05) is 91.1 Å². The topological polar surface area (TPSA) is 165 Å². The van der Waals surface area contributed by atoms with Crippen LogP contribution in [-0.4, -0.2) is 81.3 Å². The maximum atomic E-state index is 12.3. The van der Waals surface area contributed by atoms with E-state index < -0.39 is 28.8 Å². The number of aliphatic hydroxyl groups excluding tert-OH is 2. The Bertz CT molecular complexity index is 1920. The van der Waals surface area contributed by atoms with Crippen LogP contribution in [0.3, 0.4) is 0 Å². The second-order valence-corrected chi connectivity index (χ2v) is 18.1. The molecule has 0 spiro atoms. The van der Waals surface area contributed by atoms with Crippen molar-refractivity contribution < 1.29 is 43.5 Å². The molecule has 0 saturated heterocycles. The zero-order valence-electron chi connectivity index (χ0n) is 42.1. The molecule has 3 rings (SSSR count). The number of isocyanates is 1. The van der Waals surface area contributed by atoms with Gasteiger partial charge in [-0.05, 0) is 165 Å². The number of aliphatic hydroxyl groups is 2. The smallest absolute Gasteiger partial charge is 0.407 e. The van der Waals surface area contributed by atoms with Crippen LogP contribution in [-0.2, 0) is 40.4 Å². The first kappa shape index (κ1) is 59.7. The van der Waals surface area contributed by atoms with Crippen LogP contribution in [0.25, 0.3) is 16.7 Å². The zero-order chi connectivity index (χ0) is 50.3. The molecule has 370 valence electrons. The summed E-state index contributed by atoms with van der Waals surface area (Å²) in [6.45, 7) is 33.1. The van der Waals surface area contributed by atoms with Gasteiger partial charge in [0, 0.05) is 39.6 Å². The summed E-state index contributed by atoms with van der Waals surface area (Å²) in [5, 5.41) is 22.7. The minimum Gasteiger partial charge on any atom is -0.450 e. The number of rotatable bonds is 27. The number of allylic oxidation sites excluding steroid dienone is 3. The molecule has 2 amide bonds. The van der Waals surface area contributed by atoms with Crippen LogP contribution in [0.2, 0.25) is 0 Å². The van der Waals surface area contributed by atoms with Gasteiger partial charge < -0.3 is 39.8 Å². The van der Waals surface area contributed by atoms with Gasteiger partial charge in [-0.15, -0.1) is 0 Å². The lowest BCUT2D eigenvalue weighted by Gasteiger charge is -2.27. The van der Waals surface area contributed by atoms with Crippen molar-refractivity contribution in [1.29, 1.82) is 0 Å². The lowest BCUT2D eigenvalue weighted by Crippen LogP contribution is -2.41. The number of aliphatic imine (C=N–C) groups is 1. The van der Waals surface area contributed by atoms with Gasteiger partial charge in [0.15, 0.2) is 0 Å². The lowest BCUT2D eigenvalue weighted by atomic mass is 9.92. The summed E-state index contributed by atoms with van der Waals surface area (Å²) in [6, 6.07) is 23.9. The van der Waals surface area contributed by atoms with Crippen molar-refractivity contribution in [1.82, 2.24) is 10.6 Å². The molecule has 12 heteroatoms. The van der Waals surface area contributed by atoms with E-state index >= 15 is 0 Å². The van der Waals surface area contributed by atoms with Crippen LogP contribution in [0, 0.1) is 0 Å². The average molecular weight is 928 g/mol. The Hall–Kier alpha value is -5.36. The third kappa shape index (κ3) is 25.4. The van der Waals surface area contributed by atoms with Gasteiger partial charge in [0.05, 0.1) is 29.8 Å². The van der Waals surface area contributed by atoms with Crippen molar-refractivity contribution in [3.05, 3.63) is 126 Å². The maximum absolute atomic E-state index is 12.3. The molecular weight excluding hydrogens is 847 g/mol. The van der Waals surface area contributed by atoms with Crippen molar-refractivity contribution in [2.45, 2.75) is 130 Å². The first-order valence-corrected chi connectivity index (χ1v) is 23.4. The van der Waals surface area contributed by atoms with Gasteiger partial charge >= 0.3 is 12.2 Å². The molecule has 0 aliphatic rings. The van der Waals surface area contributed by atoms with Crippen molar-refractivity contribution in [2.24, 2.45) is 4.99 Å². The monoisotopic (exact) mass is 928 g/mol. The molecule has 0 bridgehead atoms. The summed E-state index contributed by atoms with van der Waals surface area (Å²) >= 11 is 0. The van der Waals surface area contributed by atoms with E-state index in [0.29, 0.717) is 39.3 Å². The van der Waals surface area contributed by atoms with Crippen molar-refractivity contribution in [3.8, 4) is 0 Å². The first-order valence-electron chi connectivity index (χ1n) is 23.4. The Balaban J connectivity index is 0.000000698. The fourth-order valence-corrected chi connectivity index (χ4v) is 6.20. The number of alkyl carbamates (subject to hydrolysis) is 2. The van der Waals surface area contributed by atoms with Crippen LogP contribution >= 0.6 is 0 Å². The molecule has 0 aliphatic heterocycles. The zero-order valence-corrected chi connectivity index (χ0v) is 42.1. The number of nitrogens with one attached hydrogen (secondary N) is 2. The molecule has 3 aromatic carbocycles. The highest BCUT2D eigenvalue weighted by atomic mass is 16.6. The molecule has 0 heterocycles. The number of amides is 2. The Labute approximate surface area is 402 Å². The van der Waals surface area contributed by atoms with E-state index in [2.05, 4.69) is 35.4 Å². The second kappa shape index (κ2) is 32.4. The third-order valence-electron chi connectivity index (χ3n) is 10.6. The molecule has 0 fully saturated rings. The molecular formula is C55H81N3O9. The Morgan fingerprint density at radius 3 is 1.18 bits per heavy atom. The third-order valence-corrected chi connectivity index (χ3v) is 10.6. The summed E-state index contributed by atoms with van der Waals surface area (Å²) in [5.41, 5.74) is 7.43. The summed E-state index contributed by atoms with van der Waals surface area (Å²) in [7, 11) is 0. The Morgan fingerprint density at radius 1 is 0.537 bits per heavy atom. The van der Waals surface area contributed by atoms with Crippen molar-refractivity contribution in [2.75, 3.05) is 52.9 Å². The second-order valence-electron chi connectivity index (χ2n) is 18.1. The SMILES string of the molecule is C=C(C)c1cccc(C(C)(C)N=C=O)c1.C=C(C)c1cccc(C(C)(C)NC(=O)OCCCCOCCCCOC(=O)NC(C)(C)c2cccc(C(=C)C)c2)c1.OCCCCOCCCCO. The van der Waals surface area contributed by atoms with Crippen molar-refractivity contribution in [3.63, 3.8) is 0 Å². The highest BCUT2D eigenvalue weighted by molar-refractivity contribution is 5.70. The van der Waals surface area contributed by atoms with Crippen LogP contribution in [0.15, 0.2) is 97.5 Å². The fraction of sp³-hybridized carbons (Fsp3) is 0.509. The highest BCUT2D eigenvalue weighted by Gasteiger charge is 2.25. The summed E-state index contributed by atoms with van der Waals surface area (Å²) in [6.07, 6.45) is 7.23. The van der Waals surface area contributed by atoms with Gasteiger partial charge in [-0.25, -0.2) is 14.4 Å². The molecule has 67 heavy (non-hydrogen) atoms. The van der Waals surface area contributed by atoms with Crippen LogP contribution < -0.4 is 10.6 Å². The van der Waals surface area contributed by atoms with Gasteiger partial charge in [0.1, 0.15) is 0 Å². The van der Waals surface area contributed by atoms with E-state index in [-0.39, 0.29) is 13.2 Å². The molecule has 12 nitrogen and oxygen atoms in total. The average Bonchev–Trinajstić information content (AvgIpc) is 3.28. The number of unbranched alkanes of at least 4 members (excludes halogenated alkanes) is 4. The number of hydrogen-bond acceptors (Lipinski definition) is 10. The van der Waals surface area contributed by atoms with Gasteiger partial charge in [-0.3, -0.25) is 0 Å². The van der Waals surface area contributed by atoms with E-state index in [1.165, 1.54) is 0 Å². The highest BCUT2D eigenvalue weighted by Crippen LogP contribution is 2.27. The first-order chi connectivity index (χ1) is 31.7. The van der Waals surface area contributed by atoms with E-state index in [9.17, 15) is 14.4 Å². The number of hydrogen-bond donors (Lipinski definition) is 4. The normalized spacial score (nSPS) is 11.1. The predicted octanol–water partition coefficient (Wildman–Crippen LogP) is 11.8. The number of benzene rings is 3. The van der Waals surface area contributed by atoms with Crippen LogP contribution in [0.1, 0.15) is 147 Å². The van der Waals surface area contributed by atoms with Crippen LogP contribution in [0.5, 0.6) is 0 Å². The summed E-state index contributed by atoms with van der Waals surface area (Å²) in [4.78, 5) is 38.7. The fourth-order valence-electron chi connectivity index (χ4n) is 6.20. The Morgan fingerprint density at radius 2 is 0.851 bits per heavy atom. The summed E-state index contributed by atoms with van der Waals surface area (Å²) < 4.78 is 21.6. The molecule has 0 unspecified atom stereocenters. The van der Waals surface area contributed by atoms with Gasteiger partial charge in [0.25, 0.3) is 0 Å². The molecule has 0 saturated carbocycles. The van der Waals surface area contributed by atoms with E-state index in [0.717, 1.165) is 102 Å². The number of carbonyl (C=O) groups is 2. The largest absolute Gasteiger partial charge is 0.450 e. The molecule has 0 aromatic heterocycles. The van der Waals surface area contributed by atoms with E-state index in [1.54, 1.807) is 6.08 Å². The maximum Gasteiger partial charge on any atom is 0.407 e. The van der Waals surface area contributed by atoms with Gasteiger partial charge in [0.2, 0.25) is 6.08 Å². The molecule has 4 N–H and O–H groups in total. The molecule has 3 aromatic rings. The summed E-state index contributed by atoms with van der Waals surface area (Å²) in [5.74, 6) is 0. The quantitative estimate of drug-likeness (QED) is 0.0331. The van der Waals surface area contributed by atoms with Crippen LogP contribution in [0.4, 0.5) is 9.59 Å². The lowest BCUT2D eigenvalue weighted by molar-refractivity contribution is 0.102. The van der Waals surface area contributed by atoms with E-state index in [1.807, 2.05) is 135 Å². The minimum atomic E-state index is -0.567. The number of carbonyl (C=O) groups excluding carboxylic acids is 3. The molecule has 0 aliphatic carbocycles. The Kier molecular flexibility index (Phi) is 28.8. The number of nitrogens with zero attached hydrogens (tertiary/aromatic N) is 1. The van der Waals surface area contributed by atoms with Crippen molar-refractivity contribution >= 4 is 35.0 Å². The number of ether oxygens (including phenoxy) is 4. The van der Waals surface area contributed by atoms with E-state index in [4.69, 9.17) is 29.2 Å². The molecule has 0 atom stereocenters. The molecule has 0 radical (unpaired) electrons. The minimum absolute atomic E-state index is 0.250. The van der Waals surface area contributed by atoms with Gasteiger partial charge in [-0.2, -0.15) is 4.99 Å².